The highest BCUT2D eigenvalue weighted by atomic mass is 16.5. The van der Waals surface area contributed by atoms with Crippen molar-refractivity contribution < 1.29 is 19.4 Å². The number of rotatable bonds is 4. The van der Waals surface area contributed by atoms with Gasteiger partial charge in [-0.15, -0.1) is 0 Å². The molecule has 0 fully saturated rings. The van der Waals surface area contributed by atoms with Crippen LogP contribution in [0.2, 0.25) is 0 Å². The fourth-order valence-electron chi connectivity index (χ4n) is 0.926. The van der Waals surface area contributed by atoms with Gasteiger partial charge in [-0.1, -0.05) is 12.1 Å². The molecule has 0 amide bonds. The number of hydrogen-bond acceptors (Lipinski definition) is 3. The summed E-state index contributed by atoms with van der Waals surface area (Å²) in [6.07, 6.45) is -0.333. The third-order valence-corrected chi connectivity index (χ3v) is 1.70. The number of benzene rings is 1. The van der Waals surface area contributed by atoms with E-state index in [0.29, 0.717) is 11.8 Å². The van der Waals surface area contributed by atoms with Gasteiger partial charge in [0.2, 0.25) is 0 Å². The zero-order valence-corrected chi connectivity index (χ0v) is 7.64. The minimum Gasteiger partial charge on any atom is -0.479 e. The Labute approximate surface area is 81.1 Å². The summed E-state index contributed by atoms with van der Waals surface area (Å²) in [5, 5.41) is 8.59. The maximum Gasteiger partial charge on any atom is 0.344 e. The van der Waals surface area contributed by atoms with Gasteiger partial charge < -0.3 is 9.84 Å². The summed E-state index contributed by atoms with van der Waals surface area (Å²) in [5.41, 5.74) is 0.348. The van der Waals surface area contributed by atoms with E-state index < -0.39 is 12.1 Å². The molecule has 14 heavy (non-hydrogen) atoms. The van der Waals surface area contributed by atoms with Gasteiger partial charge >= 0.3 is 5.97 Å². The lowest BCUT2D eigenvalue weighted by Crippen LogP contribution is -2.23. The molecule has 0 saturated carbocycles. The first-order chi connectivity index (χ1) is 6.65. The number of ether oxygens (including phenoxy) is 1. The van der Waals surface area contributed by atoms with Crippen LogP contribution in [0.1, 0.15) is 17.3 Å². The molecule has 0 aliphatic rings. The van der Waals surface area contributed by atoms with Gasteiger partial charge in [0.05, 0.1) is 5.56 Å². The monoisotopic (exact) mass is 194 g/mol. The summed E-state index contributed by atoms with van der Waals surface area (Å²) in [7, 11) is 0. The Hall–Kier alpha value is -1.84. The van der Waals surface area contributed by atoms with Crippen LogP contribution >= 0.6 is 0 Å². The van der Waals surface area contributed by atoms with Gasteiger partial charge in [-0.3, -0.25) is 4.79 Å². The number of para-hydroxylation sites is 1. The number of hydrogen-bond donors (Lipinski definition) is 1. The Morgan fingerprint density at radius 1 is 1.50 bits per heavy atom. The van der Waals surface area contributed by atoms with Crippen LogP contribution in [-0.4, -0.2) is 23.5 Å². The van der Waals surface area contributed by atoms with Crippen LogP contribution in [0.3, 0.4) is 0 Å². The molecule has 74 valence electrons. The molecule has 1 N–H and O–H groups in total. The van der Waals surface area contributed by atoms with Crippen molar-refractivity contribution in [3.05, 3.63) is 29.8 Å². The van der Waals surface area contributed by atoms with Gasteiger partial charge in [-0.25, -0.2) is 4.79 Å². The Morgan fingerprint density at radius 3 is 2.71 bits per heavy atom. The number of carboxylic acids is 1. The van der Waals surface area contributed by atoms with Gasteiger partial charge in [-0.05, 0) is 19.1 Å². The number of carboxylic acid groups (broad SMARTS) is 1. The van der Waals surface area contributed by atoms with E-state index >= 15 is 0 Å². The lowest BCUT2D eigenvalue weighted by atomic mass is 10.2. The van der Waals surface area contributed by atoms with Gasteiger partial charge in [0.15, 0.2) is 12.4 Å². The molecule has 1 aromatic rings. The van der Waals surface area contributed by atoms with E-state index in [1.807, 2.05) is 0 Å². The molecule has 0 bridgehead atoms. The van der Waals surface area contributed by atoms with Crippen molar-refractivity contribution in [1.29, 1.82) is 0 Å². The largest absolute Gasteiger partial charge is 0.479 e. The maximum atomic E-state index is 10.6. The molecule has 0 saturated heterocycles. The lowest BCUT2D eigenvalue weighted by Gasteiger charge is -2.11. The van der Waals surface area contributed by atoms with Gasteiger partial charge in [-0.2, -0.15) is 0 Å². The molecule has 0 aliphatic carbocycles. The van der Waals surface area contributed by atoms with Crippen molar-refractivity contribution in [3.8, 4) is 5.75 Å². The Bertz CT molecular complexity index is 346. The molecule has 4 heteroatoms. The molecule has 0 aliphatic heterocycles. The van der Waals surface area contributed by atoms with Crippen LogP contribution in [0, 0.1) is 0 Å². The average molecular weight is 194 g/mol. The standard InChI is InChI=1S/C10H10O4/c1-7(10(12)13)14-9-5-3-2-4-8(9)6-11/h2-7H,1H3,(H,12,13)/t7-/m0/s1. The molecular weight excluding hydrogens is 184 g/mol. The van der Waals surface area contributed by atoms with Gasteiger partial charge in [0.25, 0.3) is 0 Å². The van der Waals surface area contributed by atoms with Gasteiger partial charge in [0.1, 0.15) is 5.75 Å². The Balaban J connectivity index is 2.85. The Kier molecular flexibility index (Phi) is 3.23. The molecule has 1 aromatic carbocycles. The highest BCUT2D eigenvalue weighted by molar-refractivity contribution is 5.79. The van der Waals surface area contributed by atoms with E-state index in [9.17, 15) is 9.59 Å². The predicted octanol–water partition coefficient (Wildman–Crippen LogP) is 1.35. The topological polar surface area (TPSA) is 63.6 Å². The quantitative estimate of drug-likeness (QED) is 0.735. The molecular formula is C10H10O4. The summed E-state index contributed by atoms with van der Waals surface area (Å²) in [6, 6.07) is 6.49. The summed E-state index contributed by atoms with van der Waals surface area (Å²) < 4.78 is 5.07. The lowest BCUT2D eigenvalue weighted by molar-refractivity contribution is -0.144. The molecule has 4 nitrogen and oxygen atoms in total. The fourth-order valence-corrected chi connectivity index (χ4v) is 0.926. The van der Waals surface area contributed by atoms with Crippen molar-refractivity contribution >= 4 is 12.3 Å². The Morgan fingerprint density at radius 2 is 2.14 bits per heavy atom. The summed E-state index contributed by atoms with van der Waals surface area (Å²) in [6.45, 7) is 1.41. The fraction of sp³-hybridized carbons (Fsp3) is 0.200. The summed E-state index contributed by atoms with van der Waals surface area (Å²) in [4.78, 5) is 21.0. The van der Waals surface area contributed by atoms with E-state index in [1.54, 1.807) is 24.3 Å². The minimum atomic E-state index is -1.06. The van der Waals surface area contributed by atoms with Crippen LogP contribution < -0.4 is 4.74 Å². The maximum absolute atomic E-state index is 10.6. The van der Waals surface area contributed by atoms with E-state index in [2.05, 4.69) is 0 Å². The SMILES string of the molecule is C[C@H](Oc1ccccc1C=O)C(=O)O. The molecule has 0 spiro atoms. The van der Waals surface area contributed by atoms with Crippen molar-refractivity contribution in [2.24, 2.45) is 0 Å². The van der Waals surface area contributed by atoms with Crippen LogP contribution in [0.4, 0.5) is 0 Å². The highest BCUT2D eigenvalue weighted by Crippen LogP contribution is 2.17. The first-order valence-electron chi connectivity index (χ1n) is 4.09. The van der Waals surface area contributed by atoms with E-state index in [1.165, 1.54) is 6.92 Å². The zero-order chi connectivity index (χ0) is 10.6. The van der Waals surface area contributed by atoms with Crippen LogP contribution in [0.15, 0.2) is 24.3 Å². The molecule has 0 aromatic heterocycles. The zero-order valence-electron chi connectivity index (χ0n) is 7.64. The number of aldehydes is 1. The summed E-state index contributed by atoms with van der Waals surface area (Å²) in [5.74, 6) is -0.775. The van der Waals surface area contributed by atoms with Crippen molar-refractivity contribution in [2.45, 2.75) is 13.0 Å². The average Bonchev–Trinajstić information content (AvgIpc) is 2.18. The second-order valence-electron chi connectivity index (χ2n) is 2.75. The first-order valence-corrected chi connectivity index (χ1v) is 4.09. The number of carbonyl (C=O) groups excluding carboxylic acids is 1. The minimum absolute atomic E-state index is 0.289. The highest BCUT2D eigenvalue weighted by Gasteiger charge is 2.13. The van der Waals surface area contributed by atoms with Gasteiger partial charge in [0, 0.05) is 0 Å². The predicted molar refractivity (Wildman–Crippen MR) is 49.6 cm³/mol. The first kappa shape index (κ1) is 10.2. The van der Waals surface area contributed by atoms with Crippen LogP contribution in [0.5, 0.6) is 5.75 Å². The normalized spacial score (nSPS) is 11.8. The summed E-state index contributed by atoms with van der Waals surface area (Å²) >= 11 is 0. The van der Waals surface area contributed by atoms with Crippen molar-refractivity contribution in [1.82, 2.24) is 0 Å². The van der Waals surface area contributed by atoms with Crippen LogP contribution in [-0.2, 0) is 4.79 Å². The number of carbonyl (C=O) groups is 2. The van der Waals surface area contributed by atoms with E-state index in [-0.39, 0.29) is 5.75 Å². The van der Waals surface area contributed by atoms with E-state index in [4.69, 9.17) is 9.84 Å². The molecule has 1 rings (SSSR count). The third kappa shape index (κ3) is 2.32. The number of aliphatic carboxylic acids is 1. The van der Waals surface area contributed by atoms with Crippen molar-refractivity contribution in [3.63, 3.8) is 0 Å². The molecule has 0 radical (unpaired) electrons. The second kappa shape index (κ2) is 4.41. The van der Waals surface area contributed by atoms with E-state index in [0.717, 1.165) is 0 Å². The van der Waals surface area contributed by atoms with Crippen LogP contribution in [0.25, 0.3) is 0 Å². The van der Waals surface area contributed by atoms with Crippen molar-refractivity contribution in [2.75, 3.05) is 0 Å². The smallest absolute Gasteiger partial charge is 0.344 e. The molecule has 1 atom stereocenters. The molecule has 0 heterocycles. The third-order valence-electron chi connectivity index (χ3n) is 1.70. The second-order valence-corrected chi connectivity index (χ2v) is 2.75. The molecule has 0 unspecified atom stereocenters.